The van der Waals surface area contributed by atoms with E-state index in [2.05, 4.69) is 16.0 Å². The first-order valence-corrected chi connectivity index (χ1v) is 7.43. The maximum atomic E-state index is 11.8. The second-order valence-electron chi connectivity index (χ2n) is 5.11. The summed E-state index contributed by atoms with van der Waals surface area (Å²) in [5.74, 6) is -0.377. The molecule has 7 heteroatoms. The van der Waals surface area contributed by atoms with Crippen LogP contribution in [0.4, 0.5) is 11.4 Å². The molecule has 1 aromatic heterocycles. The molecule has 0 saturated carbocycles. The summed E-state index contributed by atoms with van der Waals surface area (Å²) in [5, 5.41) is 8.34. The molecule has 0 aliphatic carbocycles. The van der Waals surface area contributed by atoms with E-state index in [-0.39, 0.29) is 22.7 Å². The molecule has 3 N–H and O–H groups in total. The molecule has 6 nitrogen and oxygen atoms in total. The highest BCUT2D eigenvalue weighted by Gasteiger charge is 2.10. The van der Waals surface area contributed by atoms with Gasteiger partial charge >= 0.3 is 0 Å². The van der Waals surface area contributed by atoms with Gasteiger partial charge in [-0.3, -0.25) is 14.9 Å². The fourth-order valence-electron chi connectivity index (χ4n) is 1.66. The van der Waals surface area contributed by atoms with E-state index >= 15 is 0 Å². The van der Waals surface area contributed by atoms with Crippen molar-refractivity contribution >= 4 is 40.5 Å². The molecule has 23 heavy (non-hydrogen) atoms. The third kappa shape index (κ3) is 4.93. The average molecular weight is 331 g/mol. The molecule has 1 heterocycles. The Morgan fingerprint density at radius 2 is 1.65 bits per heavy atom. The quantitative estimate of drug-likeness (QED) is 0.750. The first-order chi connectivity index (χ1) is 11.0. The Hall–Kier alpha value is -2.67. The van der Waals surface area contributed by atoms with Crippen molar-refractivity contribution in [3.8, 4) is 0 Å². The van der Waals surface area contributed by atoms with Crippen molar-refractivity contribution in [2.75, 3.05) is 10.6 Å². The largest absolute Gasteiger partial charge is 0.459 e. The number of carbonyl (C=O) groups is 2. The highest BCUT2D eigenvalue weighted by Crippen LogP contribution is 2.14. The molecular weight excluding hydrogens is 314 g/mol. The smallest absolute Gasteiger partial charge is 0.293 e. The van der Waals surface area contributed by atoms with Crippen LogP contribution in [-0.2, 0) is 4.79 Å². The van der Waals surface area contributed by atoms with Crippen LogP contribution in [0.2, 0.25) is 0 Å². The summed E-state index contributed by atoms with van der Waals surface area (Å²) in [4.78, 5) is 23.4. The van der Waals surface area contributed by atoms with E-state index in [9.17, 15) is 9.59 Å². The Balaban J connectivity index is 1.89. The average Bonchev–Trinajstić information content (AvgIpc) is 3.03. The number of hydrogen-bond donors (Lipinski definition) is 3. The normalized spacial score (nSPS) is 10.2. The highest BCUT2D eigenvalue weighted by atomic mass is 32.1. The Morgan fingerprint density at radius 3 is 2.17 bits per heavy atom. The lowest BCUT2D eigenvalue weighted by molar-refractivity contribution is -0.118. The van der Waals surface area contributed by atoms with Crippen LogP contribution in [0, 0.1) is 5.92 Å². The zero-order valence-corrected chi connectivity index (χ0v) is 13.6. The zero-order chi connectivity index (χ0) is 16.8. The Bertz CT molecular complexity index is 694. The van der Waals surface area contributed by atoms with Crippen LogP contribution in [0.15, 0.2) is 47.1 Å². The maximum absolute atomic E-state index is 11.8. The molecule has 2 rings (SSSR count). The summed E-state index contributed by atoms with van der Waals surface area (Å²) in [6.07, 6.45) is 1.41. The summed E-state index contributed by atoms with van der Waals surface area (Å²) in [5.41, 5.74) is 1.39. The first-order valence-electron chi connectivity index (χ1n) is 7.02. The van der Waals surface area contributed by atoms with E-state index in [0.29, 0.717) is 11.4 Å². The molecule has 0 bridgehead atoms. The number of furan rings is 1. The van der Waals surface area contributed by atoms with E-state index in [1.54, 1.807) is 36.4 Å². The minimum absolute atomic E-state index is 0.0491. The minimum Gasteiger partial charge on any atom is -0.459 e. The van der Waals surface area contributed by atoms with Crippen molar-refractivity contribution in [3.05, 3.63) is 48.4 Å². The molecule has 0 radical (unpaired) electrons. The van der Waals surface area contributed by atoms with Gasteiger partial charge in [0.2, 0.25) is 5.91 Å². The van der Waals surface area contributed by atoms with Crippen LogP contribution in [0.25, 0.3) is 0 Å². The fourth-order valence-corrected chi connectivity index (χ4v) is 1.87. The van der Waals surface area contributed by atoms with Crippen LogP contribution >= 0.6 is 12.2 Å². The number of amides is 2. The van der Waals surface area contributed by atoms with Crippen molar-refractivity contribution in [2.24, 2.45) is 5.92 Å². The molecular formula is C16H17N3O3S. The number of thiocarbonyl (C=S) groups is 1. The first kappa shape index (κ1) is 16.7. The summed E-state index contributed by atoms with van der Waals surface area (Å²) >= 11 is 5.07. The van der Waals surface area contributed by atoms with Gasteiger partial charge in [0.25, 0.3) is 5.91 Å². The number of anilines is 2. The Labute approximate surface area is 139 Å². The lowest BCUT2D eigenvalue weighted by Crippen LogP contribution is -2.33. The summed E-state index contributed by atoms with van der Waals surface area (Å²) < 4.78 is 4.98. The standard InChI is InChI=1S/C16H17N3O3S/c1-10(2)14(20)17-11-5-7-12(8-6-11)18-16(23)19-15(21)13-4-3-9-22-13/h3-10H,1-2H3,(H,17,20)(H2,18,19,21,23). The van der Waals surface area contributed by atoms with Crippen LogP contribution in [0.1, 0.15) is 24.4 Å². The van der Waals surface area contributed by atoms with E-state index < -0.39 is 5.91 Å². The third-order valence-corrected chi connectivity index (χ3v) is 3.11. The van der Waals surface area contributed by atoms with Crippen molar-refractivity contribution in [1.29, 1.82) is 0 Å². The molecule has 0 atom stereocenters. The number of rotatable bonds is 4. The van der Waals surface area contributed by atoms with Crippen molar-refractivity contribution in [3.63, 3.8) is 0 Å². The Morgan fingerprint density at radius 1 is 1.04 bits per heavy atom. The van der Waals surface area contributed by atoms with E-state index in [0.717, 1.165) is 0 Å². The van der Waals surface area contributed by atoms with E-state index in [1.165, 1.54) is 6.26 Å². The Kier molecular flexibility index (Phi) is 5.48. The van der Waals surface area contributed by atoms with Gasteiger partial charge in [0.05, 0.1) is 6.26 Å². The van der Waals surface area contributed by atoms with Gasteiger partial charge in [0, 0.05) is 17.3 Å². The maximum Gasteiger partial charge on any atom is 0.293 e. The number of benzene rings is 1. The lowest BCUT2D eigenvalue weighted by atomic mass is 10.2. The molecule has 0 unspecified atom stereocenters. The molecule has 120 valence electrons. The molecule has 1 aromatic carbocycles. The predicted octanol–water partition coefficient (Wildman–Crippen LogP) is 3.00. The minimum atomic E-state index is -0.423. The van der Waals surface area contributed by atoms with Crippen LogP contribution in [-0.4, -0.2) is 16.9 Å². The molecule has 0 aliphatic rings. The van der Waals surface area contributed by atoms with Gasteiger partial charge in [-0.05, 0) is 48.6 Å². The van der Waals surface area contributed by atoms with Gasteiger partial charge in [-0.2, -0.15) is 0 Å². The van der Waals surface area contributed by atoms with Crippen LogP contribution in [0.3, 0.4) is 0 Å². The third-order valence-electron chi connectivity index (χ3n) is 2.91. The second kappa shape index (κ2) is 7.55. The molecule has 0 aliphatic heterocycles. The van der Waals surface area contributed by atoms with Gasteiger partial charge in [-0.15, -0.1) is 0 Å². The van der Waals surface area contributed by atoms with Crippen LogP contribution < -0.4 is 16.0 Å². The van der Waals surface area contributed by atoms with Gasteiger partial charge in [-0.1, -0.05) is 13.8 Å². The molecule has 0 saturated heterocycles. The lowest BCUT2D eigenvalue weighted by Gasteiger charge is -2.10. The summed E-state index contributed by atoms with van der Waals surface area (Å²) in [7, 11) is 0. The second-order valence-corrected chi connectivity index (χ2v) is 5.52. The van der Waals surface area contributed by atoms with Crippen molar-refractivity contribution in [2.45, 2.75) is 13.8 Å². The summed E-state index contributed by atoms with van der Waals surface area (Å²) in [6.45, 7) is 3.65. The summed E-state index contributed by atoms with van der Waals surface area (Å²) in [6, 6.07) is 10.2. The topological polar surface area (TPSA) is 83.4 Å². The molecule has 0 spiro atoms. The van der Waals surface area contributed by atoms with Crippen molar-refractivity contribution in [1.82, 2.24) is 5.32 Å². The van der Waals surface area contributed by atoms with Gasteiger partial charge < -0.3 is 15.1 Å². The number of carbonyl (C=O) groups excluding carboxylic acids is 2. The highest BCUT2D eigenvalue weighted by molar-refractivity contribution is 7.80. The van der Waals surface area contributed by atoms with Gasteiger partial charge in [0.15, 0.2) is 10.9 Å². The predicted molar refractivity (Wildman–Crippen MR) is 92.3 cm³/mol. The zero-order valence-electron chi connectivity index (χ0n) is 12.8. The van der Waals surface area contributed by atoms with Gasteiger partial charge in [-0.25, -0.2) is 0 Å². The van der Waals surface area contributed by atoms with Crippen LogP contribution in [0.5, 0.6) is 0 Å². The van der Waals surface area contributed by atoms with E-state index in [4.69, 9.17) is 16.6 Å². The van der Waals surface area contributed by atoms with Crippen molar-refractivity contribution < 1.29 is 14.0 Å². The SMILES string of the molecule is CC(C)C(=O)Nc1ccc(NC(=S)NC(=O)c2ccco2)cc1. The molecule has 2 amide bonds. The number of hydrogen-bond acceptors (Lipinski definition) is 4. The number of nitrogens with one attached hydrogen (secondary N) is 3. The van der Waals surface area contributed by atoms with Gasteiger partial charge in [0.1, 0.15) is 0 Å². The van der Waals surface area contributed by atoms with E-state index in [1.807, 2.05) is 13.8 Å². The fraction of sp³-hybridized carbons (Fsp3) is 0.188. The molecule has 0 fully saturated rings. The monoisotopic (exact) mass is 331 g/mol. The molecule has 2 aromatic rings.